The topological polar surface area (TPSA) is 107 Å². The van der Waals surface area contributed by atoms with Gasteiger partial charge in [-0.25, -0.2) is 9.38 Å². The molecular weight excluding hydrogens is 435 g/mol. The highest BCUT2D eigenvalue weighted by Crippen LogP contribution is 2.14. The van der Waals surface area contributed by atoms with E-state index in [4.69, 9.17) is 5.41 Å². The maximum atomic E-state index is 13.4. The van der Waals surface area contributed by atoms with Gasteiger partial charge < -0.3 is 15.7 Å². The maximum Gasteiger partial charge on any atom is 0.267 e. The molecule has 1 unspecified atom stereocenters. The molecule has 0 fully saturated rings. The molecule has 1 aliphatic rings. The maximum absolute atomic E-state index is 13.4. The number of rotatable bonds is 6. The van der Waals surface area contributed by atoms with Gasteiger partial charge in [-0.05, 0) is 56.2 Å². The third kappa shape index (κ3) is 4.65. The van der Waals surface area contributed by atoms with E-state index in [9.17, 15) is 14.3 Å². The largest absolute Gasteiger partial charge is 0.389 e. The summed E-state index contributed by atoms with van der Waals surface area (Å²) in [6.07, 6.45) is -0.559. The zero-order valence-corrected chi connectivity index (χ0v) is 19.7. The van der Waals surface area contributed by atoms with E-state index in [0.717, 1.165) is 11.1 Å². The van der Waals surface area contributed by atoms with Crippen LogP contribution in [0.15, 0.2) is 58.3 Å². The van der Waals surface area contributed by atoms with Gasteiger partial charge in [0.2, 0.25) is 5.62 Å². The van der Waals surface area contributed by atoms with E-state index < -0.39 is 11.6 Å². The van der Waals surface area contributed by atoms with Crippen molar-refractivity contribution in [2.45, 2.75) is 45.5 Å². The van der Waals surface area contributed by atoms with E-state index in [1.807, 2.05) is 38.1 Å². The molecule has 0 radical (unpaired) electrons. The number of aromatic nitrogens is 2. The van der Waals surface area contributed by atoms with Gasteiger partial charge in [0.05, 0.1) is 18.2 Å². The van der Waals surface area contributed by atoms with E-state index in [2.05, 4.69) is 15.6 Å². The predicted octanol–water partition coefficient (Wildman–Crippen LogP) is 1.24. The molecule has 4 N–H and O–H groups in total. The van der Waals surface area contributed by atoms with Crippen LogP contribution in [0.4, 0.5) is 10.1 Å². The van der Waals surface area contributed by atoms with Crippen LogP contribution in [-0.4, -0.2) is 19.8 Å². The fourth-order valence-corrected chi connectivity index (χ4v) is 3.96. The zero-order valence-electron chi connectivity index (χ0n) is 19.7. The summed E-state index contributed by atoms with van der Waals surface area (Å²) < 4.78 is 16.6. The van der Waals surface area contributed by atoms with Crippen LogP contribution >= 0.6 is 0 Å². The molecule has 0 saturated carbocycles. The van der Waals surface area contributed by atoms with Crippen LogP contribution in [0.25, 0.3) is 5.82 Å². The SMILES string of the molecule is CC(O)c1ccc(CN/C(Nc2ccc(F)cc2)=c2/c(=O)n(C)c3n(c2=N)CC(C)(C)N=3)cc1. The molecule has 0 spiro atoms. The molecule has 9 heteroatoms. The minimum absolute atomic E-state index is 0.0500. The zero-order chi connectivity index (χ0) is 24.6. The van der Waals surface area contributed by atoms with Crippen LogP contribution in [0.5, 0.6) is 0 Å². The predicted molar refractivity (Wildman–Crippen MR) is 128 cm³/mol. The number of benzene rings is 2. The van der Waals surface area contributed by atoms with Gasteiger partial charge in [0.1, 0.15) is 22.3 Å². The summed E-state index contributed by atoms with van der Waals surface area (Å²) in [6, 6.07) is 13.3. The van der Waals surface area contributed by atoms with Gasteiger partial charge in [-0.2, -0.15) is 0 Å². The lowest BCUT2D eigenvalue weighted by molar-refractivity contribution is 0.199. The van der Waals surface area contributed by atoms with Crippen LogP contribution in [0, 0.1) is 11.2 Å². The third-order valence-corrected chi connectivity index (χ3v) is 5.81. The van der Waals surface area contributed by atoms with Gasteiger partial charge in [-0.15, -0.1) is 0 Å². The highest BCUT2D eigenvalue weighted by atomic mass is 19.1. The van der Waals surface area contributed by atoms with Crippen molar-refractivity contribution in [1.29, 1.82) is 5.41 Å². The highest BCUT2D eigenvalue weighted by molar-refractivity contribution is 5.62. The molecule has 2 heterocycles. The number of anilines is 1. The summed E-state index contributed by atoms with van der Waals surface area (Å²) in [4.78, 5) is 18.0. The van der Waals surface area contributed by atoms with Crippen LogP contribution in [0.1, 0.15) is 38.0 Å². The van der Waals surface area contributed by atoms with Gasteiger partial charge in [0, 0.05) is 19.3 Å². The Kier molecular flexibility index (Phi) is 6.14. The van der Waals surface area contributed by atoms with E-state index in [1.165, 1.54) is 16.7 Å². The molecule has 1 atom stereocenters. The molecule has 4 rings (SSSR count). The third-order valence-electron chi connectivity index (χ3n) is 5.81. The normalized spacial score (nSPS) is 15.8. The number of halogens is 1. The Morgan fingerprint density at radius 2 is 1.85 bits per heavy atom. The van der Waals surface area contributed by atoms with Crippen molar-refractivity contribution in [3.63, 3.8) is 0 Å². The van der Waals surface area contributed by atoms with Crippen LogP contribution in [-0.2, 0) is 20.1 Å². The molecule has 1 aromatic heterocycles. The van der Waals surface area contributed by atoms with Gasteiger partial charge in [-0.3, -0.25) is 19.3 Å². The summed E-state index contributed by atoms with van der Waals surface area (Å²) in [7, 11) is 1.65. The number of hydrogen-bond acceptors (Lipinski definition) is 6. The van der Waals surface area contributed by atoms with E-state index in [-0.39, 0.29) is 22.1 Å². The van der Waals surface area contributed by atoms with E-state index >= 15 is 0 Å². The lowest BCUT2D eigenvalue weighted by Crippen LogP contribution is -2.59. The number of nitrogens with one attached hydrogen (secondary N) is 3. The molecule has 2 aromatic carbocycles. The first kappa shape index (κ1) is 23.4. The molecule has 8 nitrogen and oxygen atoms in total. The standard InChI is InChI=1S/C25H29FN6O2/c1-15(33)17-7-5-16(6-8-17)13-28-22(29-19-11-9-18(26)10-12-19)20-21(27)32-14-25(2,3)30-24(32)31(4)23(20)34/h5-12,15,27-29,33H,13-14H2,1-4H3/b22-20-,27-21?. The average molecular weight is 465 g/mol. The number of aliphatic hydroxyl groups excluding tert-OH is 1. The quantitative estimate of drug-likeness (QED) is 0.440. The minimum atomic E-state index is -0.559. The molecular formula is C25H29FN6O2. The van der Waals surface area contributed by atoms with Crippen molar-refractivity contribution in [2.75, 3.05) is 5.32 Å². The number of fused-ring (bicyclic) bond motifs is 1. The minimum Gasteiger partial charge on any atom is -0.389 e. The summed E-state index contributed by atoms with van der Waals surface area (Å²) in [5.74, 6) is -0.0240. The molecule has 0 amide bonds. The first-order chi connectivity index (χ1) is 16.1. The molecule has 0 saturated heterocycles. The first-order valence-corrected chi connectivity index (χ1v) is 11.1. The van der Waals surface area contributed by atoms with Crippen LogP contribution in [0.3, 0.4) is 0 Å². The summed E-state index contributed by atoms with van der Waals surface area (Å²) in [5.41, 5.74) is 2.03. The Balaban J connectivity index is 1.83. The molecule has 0 aliphatic carbocycles. The van der Waals surface area contributed by atoms with Crippen molar-refractivity contribution >= 4 is 11.5 Å². The monoisotopic (exact) mass is 464 g/mol. The van der Waals surface area contributed by atoms with E-state index in [1.54, 1.807) is 30.7 Å². The number of nitrogens with zero attached hydrogens (tertiary/aromatic N) is 3. The fourth-order valence-electron chi connectivity index (χ4n) is 3.96. The van der Waals surface area contributed by atoms with Crippen molar-refractivity contribution in [1.82, 2.24) is 14.5 Å². The lowest BCUT2D eigenvalue weighted by atomic mass is 10.1. The first-order valence-electron chi connectivity index (χ1n) is 11.1. The molecule has 1 aliphatic heterocycles. The summed E-state index contributed by atoms with van der Waals surface area (Å²) in [6.45, 7) is 6.47. The smallest absolute Gasteiger partial charge is 0.267 e. The Bertz CT molecular complexity index is 1450. The Morgan fingerprint density at radius 1 is 1.21 bits per heavy atom. The second-order valence-electron chi connectivity index (χ2n) is 9.18. The Hall–Kier alpha value is -3.72. The summed E-state index contributed by atoms with van der Waals surface area (Å²) in [5, 5.41) is 25.2. The number of hydrogen-bond donors (Lipinski definition) is 4. The molecule has 0 bridgehead atoms. The summed E-state index contributed by atoms with van der Waals surface area (Å²) >= 11 is 0. The van der Waals surface area contributed by atoms with Crippen LogP contribution in [0.2, 0.25) is 0 Å². The van der Waals surface area contributed by atoms with Crippen molar-refractivity contribution in [3.8, 4) is 0 Å². The highest BCUT2D eigenvalue weighted by Gasteiger charge is 2.26. The average Bonchev–Trinajstić information content (AvgIpc) is 3.13. The van der Waals surface area contributed by atoms with Crippen molar-refractivity contribution in [2.24, 2.45) is 12.0 Å². The molecule has 3 aromatic rings. The second-order valence-corrected chi connectivity index (χ2v) is 9.18. The van der Waals surface area contributed by atoms with Crippen LogP contribution < -0.4 is 32.5 Å². The van der Waals surface area contributed by atoms with Gasteiger partial charge >= 0.3 is 0 Å². The molecule has 34 heavy (non-hydrogen) atoms. The number of aliphatic hydroxyl groups is 1. The molecule has 178 valence electrons. The van der Waals surface area contributed by atoms with Crippen molar-refractivity contribution < 1.29 is 9.50 Å². The van der Waals surface area contributed by atoms with Gasteiger partial charge in [0.15, 0.2) is 0 Å². The van der Waals surface area contributed by atoms with E-state index in [0.29, 0.717) is 30.2 Å². The van der Waals surface area contributed by atoms with Gasteiger partial charge in [-0.1, -0.05) is 24.3 Å². The van der Waals surface area contributed by atoms with Gasteiger partial charge in [0.25, 0.3) is 5.56 Å². The Morgan fingerprint density at radius 3 is 2.47 bits per heavy atom. The van der Waals surface area contributed by atoms with Crippen molar-refractivity contribution in [3.05, 3.63) is 92.2 Å². The second kappa shape index (κ2) is 8.90. The lowest BCUT2D eigenvalue weighted by Gasteiger charge is -2.16. The Labute approximate surface area is 196 Å². The fraction of sp³-hybridized carbons (Fsp3) is 0.320.